The molecule has 1 aliphatic heterocycles. The lowest BCUT2D eigenvalue weighted by atomic mass is 9.97. The van der Waals surface area contributed by atoms with E-state index < -0.39 is 0 Å². The minimum atomic E-state index is 0.728. The number of nitrogens with zero attached hydrogens (tertiary/aromatic N) is 2. The Balaban J connectivity index is 2.25. The van der Waals surface area contributed by atoms with Gasteiger partial charge < -0.3 is 20.3 Å². The van der Waals surface area contributed by atoms with E-state index in [0.29, 0.717) is 0 Å². The molecule has 0 amide bonds. The second kappa shape index (κ2) is 10.0. The summed E-state index contributed by atoms with van der Waals surface area (Å²) in [5, 5.41) is 6.54. The molecule has 112 valence electrons. The number of hydrogen-bond donors (Lipinski definition) is 2. The van der Waals surface area contributed by atoms with Crippen molar-refractivity contribution in [1.29, 1.82) is 0 Å². The Morgan fingerprint density at radius 3 is 2.37 bits per heavy atom. The first-order chi connectivity index (χ1) is 9.30. The summed E-state index contributed by atoms with van der Waals surface area (Å²) in [6, 6.07) is 0. The van der Waals surface area contributed by atoms with Crippen molar-refractivity contribution in [1.82, 2.24) is 15.5 Å². The summed E-state index contributed by atoms with van der Waals surface area (Å²) in [6.45, 7) is 11.2. The normalized spacial score (nSPS) is 17.2. The number of hydrogen-bond acceptors (Lipinski definition) is 3. The van der Waals surface area contributed by atoms with E-state index in [9.17, 15) is 0 Å². The Hall–Kier alpha value is -0.810. The van der Waals surface area contributed by atoms with Gasteiger partial charge in [-0.15, -0.1) is 0 Å². The Morgan fingerprint density at radius 1 is 1.21 bits per heavy atom. The van der Waals surface area contributed by atoms with Gasteiger partial charge in [-0.05, 0) is 45.7 Å². The van der Waals surface area contributed by atoms with Crippen LogP contribution in [0.3, 0.4) is 0 Å². The van der Waals surface area contributed by atoms with Gasteiger partial charge in [-0.2, -0.15) is 0 Å². The molecule has 5 heteroatoms. The molecule has 0 saturated carbocycles. The molecule has 1 heterocycles. The number of ether oxygens (including phenoxy) is 1. The van der Waals surface area contributed by atoms with Crippen LogP contribution in [0.4, 0.5) is 0 Å². The molecular formula is C14H30N4O. The molecule has 0 aromatic carbocycles. The zero-order chi connectivity index (χ0) is 13.9. The van der Waals surface area contributed by atoms with Gasteiger partial charge in [0.2, 0.25) is 0 Å². The van der Waals surface area contributed by atoms with Crippen LogP contribution in [0.15, 0.2) is 4.99 Å². The summed E-state index contributed by atoms with van der Waals surface area (Å²) in [7, 11) is 1.77. The highest BCUT2D eigenvalue weighted by atomic mass is 16.5. The lowest BCUT2D eigenvalue weighted by Gasteiger charge is -2.31. The van der Waals surface area contributed by atoms with E-state index in [2.05, 4.69) is 34.4 Å². The SMILES string of the molecule is CCNC(=NCC1CCN(CCOC)CC1)NCC. The van der Waals surface area contributed by atoms with E-state index in [1.54, 1.807) is 7.11 Å². The van der Waals surface area contributed by atoms with Crippen LogP contribution in [0.5, 0.6) is 0 Å². The van der Waals surface area contributed by atoms with E-state index in [0.717, 1.165) is 44.7 Å². The van der Waals surface area contributed by atoms with E-state index >= 15 is 0 Å². The lowest BCUT2D eigenvalue weighted by molar-refractivity contribution is 0.121. The lowest BCUT2D eigenvalue weighted by Crippen LogP contribution is -2.39. The van der Waals surface area contributed by atoms with E-state index in [4.69, 9.17) is 4.74 Å². The van der Waals surface area contributed by atoms with Crippen molar-refractivity contribution in [3.63, 3.8) is 0 Å². The van der Waals surface area contributed by atoms with Crippen molar-refractivity contribution in [2.45, 2.75) is 26.7 Å². The summed E-state index contributed by atoms with van der Waals surface area (Å²) in [4.78, 5) is 7.15. The average Bonchev–Trinajstić information content (AvgIpc) is 2.44. The van der Waals surface area contributed by atoms with Crippen molar-refractivity contribution in [2.24, 2.45) is 10.9 Å². The molecule has 1 rings (SSSR count). The number of methoxy groups -OCH3 is 1. The van der Waals surface area contributed by atoms with Crippen LogP contribution in [-0.2, 0) is 4.74 Å². The molecular weight excluding hydrogens is 240 g/mol. The fraction of sp³-hybridized carbons (Fsp3) is 0.929. The minimum Gasteiger partial charge on any atom is -0.383 e. The number of likely N-dealkylation sites (tertiary alicyclic amines) is 1. The predicted molar refractivity (Wildman–Crippen MR) is 80.7 cm³/mol. The summed E-state index contributed by atoms with van der Waals surface area (Å²) < 4.78 is 5.12. The van der Waals surface area contributed by atoms with Gasteiger partial charge in [0.1, 0.15) is 0 Å². The first-order valence-electron chi connectivity index (χ1n) is 7.53. The van der Waals surface area contributed by atoms with Crippen LogP contribution < -0.4 is 10.6 Å². The van der Waals surface area contributed by atoms with Gasteiger partial charge in [-0.1, -0.05) is 0 Å². The van der Waals surface area contributed by atoms with Crippen LogP contribution >= 0.6 is 0 Å². The van der Waals surface area contributed by atoms with Gasteiger partial charge in [0.15, 0.2) is 5.96 Å². The van der Waals surface area contributed by atoms with E-state index in [1.807, 2.05) is 0 Å². The van der Waals surface area contributed by atoms with Crippen molar-refractivity contribution in [3.05, 3.63) is 0 Å². The van der Waals surface area contributed by atoms with Crippen molar-refractivity contribution in [3.8, 4) is 0 Å². The molecule has 0 aromatic heterocycles. The van der Waals surface area contributed by atoms with Crippen molar-refractivity contribution in [2.75, 3.05) is 53.0 Å². The molecule has 1 saturated heterocycles. The van der Waals surface area contributed by atoms with E-state index in [1.165, 1.54) is 25.9 Å². The van der Waals surface area contributed by atoms with Crippen molar-refractivity contribution >= 4 is 5.96 Å². The Morgan fingerprint density at radius 2 is 1.84 bits per heavy atom. The zero-order valence-electron chi connectivity index (χ0n) is 12.7. The Kier molecular flexibility index (Phi) is 8.58. The number of aliphatic imine (C=N–C) groups is 1. The first-order valence-corrected chi connectivity index (χ1v) is 7.53. The van der Waals surface area contributed by atoms with Crippen LogP contribution in [0, 0.1) is 5.92 Å². The maximum Gasteiger partial charge on any atom is 0.191 e. The minimum absolute atomic E-state index is 0.728. The average molecular weight is 270 g/mol. The van der Waals surface area contributed by atoms with E-state index in [-0.39, 0.29) is 0 Å². The number of rotatable bonds is 7. The molecule has 1 fully saturated rings. The molecule has 5 nitrogen and oxygen atoms in total. The first kappa shape index (κ1) is 16.2. The highest BCUT2D eigenvalue weighted by Gasteiger charge is 2.18. The van der Waals surface area contributed by atoms with Gasteiger partial charge in [0, 0.05) is 33.3 Å². The fourth-order valence-electron chi connectivity index (χ4n) is 2.34. The molecule has 0 unspecified atom stereocenters. The summed E-state index contributed by atoms with van der Waals surface area (Å²) in [6.07, 6.45) is 2.50. The fourth-order valence-corrected chi connectivity index (χ4v) is 2.34. The van der Waals surface area contributed by atoms with Gasteiger partial charge in [-0.25, -0.2) is 0 Å². The van der Waals surface area contributed by atoms with Crippen molar-refractivity contribution < 1.29 is 4.74 Å². The number of guanidine groups is 1. The monoisotopic (exact) mass is 270 g/mol. The van der Waals surface area contributed by atoms with Gasteiger partial charge in [-0.3, -0.25) is 4.99 Å². The second-order valence-electron chi connectivity index (χ2n) is 5.03. The maximum atomic E-state index is 5.12. The molecule has 0 bridgehead atoms. The maximum absolute atomic E-state index is 5.12. The molecule has 0 aliphatic carbocycles. The highest BCUT2D eigenvalue weighted by Crippen LogP contribution is 2.17. The third-order valence-corrected chi connectivity index (χ3v) is 3.51. The smallest absolute Gasteiger partial charge is 0.191 e. The second-order valence-corrected chi connectivity index (χ2v) is 5.03. The van der Waals surface area contributed by atoms with Gasteiger partial charge in [0.05, 0.1) is 6.61 Å². The summed E-state index contributed by atoms with van der Waals surface area (Å²) >= 11 is 0. The highest BCUT2D eigenvalue weighted by molar-refractivity contribution is 5.79. The number of piperidine rings is 1. The quantitative estimate of drug-likeness (QED) is 0.533. The van der Waals surface area contributed by atoms with Crippen LogP contribution in [0.1, 0.15) is 26.7 Å². The molecule has 1 aliphatic rings. The largest absolute Gasteiger partial charge is 0.383 e. The molecule has 0 radical (unpaired) electrons. The summed E-state index contributed by atoms with van der Waals surface area (Å²) in [5.74, 6) is 1.68. The summed E-state index contributed by atoms with van der Waals surface area (Å²) in [5.41, 5.74) is 0. The van der Waals surface area contributed by atoms with Crippen LogP contribution in [-0.4, -0.2) is 63.8 Å². The van der Waals surface area contributed by atoms with Crippen LogP contribution in [0.2, 0.25) is 0 Å². The third kappa shape index (κ3) is 6.78. The van der Waals surface area contributed by atoms with Gasteiger partial charge in [0.25, 0.3) is 0 Å². The third-order valence-electron chi connectivity index (χ3n) is 3.51. The Labute approximate surface area is 117 Å². The van der Waals surface area contributed by atoms with Crippen LogP contribution in [0.25, 0.3) is 0 Å². The number of nitrogens with one attached hydrogen (secondary N) is 2. The molecule has 0 aromatic rings. The van der Waals surface area contributed by atoms with Gasteiger partial charge >= 0.3 is 0 Å². The zero-order valence-corrected chi connectivity index (χ0v) is 12.7. The molecule has 0 atom stereocenters. The molecule has 0 spiro atoms. The predicted octanol–water partition coefficient (Wildman–Crippen LogP) is 0.920. The molecule has 2 N–H and O–H groups in total. The standard InChI is InChI=1S/C14H30N4O/c1-4-15-14(16-5-2)17-12-13-6-8-18(9-7-13)10-11-19-3/h13H,4-12H2,1-3H3,(H2,15,16,17). The Bertz CT molecular complexity index is 242. The molecule has 19 heavy (non-hydrogen) atoms. The topological polar surface area (TPSA) is 48.9 Å².